The van der Waals surface area contributed by atoms with Crippen molar-refractivity contribution in [1.82, 2.24) is 30.1 Å². The molecule has 2 N–H and O–H groups in total. The predicted octanol–water partition coefficient (Wildman–Crippen LogP) is 2.58. The molecular formula is C17H15N7O. The summed E-state index contributed by atoms with van der Waals surface area (Å²) in [7, 11) is 0. The van der Waals surface area contributed by atoms with Crippen LogP contribution in [0, 0.1) is 13.8 Å². The van der Waals surface area contributed by atoms with Crippen molar-refractivity contribution in [3.8, 4) is 28.7 Å². The minimum Gasteiger partial charge on any atom is -0.382 e. The van der Waals surface area contributed by atoms with Gasteiger partial charge in [-0.1, -0.05) is 16.4 Å². The monoisotopic (exact) mass is 333 g/mol. The predicted molar refractivity (Wildman–Crippen MR) is 91.8 cm³/mol. The first kappa shape index (κ1) is 15.0. The molecule has 1 aromatic carbocycles. The lowest BCUT2D eigenvalue weighted by Gasteiger charge is -2.06. The van der Waals surface area contributed by atoms with Gasteiger partial charge in [-0.15, -0.1) is 5.10 Å². The van der Waals surface area contributed by atoms with Crippen LogP contribution in [-0.4, -0.2) is 30.1 Å². The molecule has 3 heterocycles. The zero-order valence-corrected chi connectivity index (χ0v) is 13.7. The number of hydrogen-bond donors (Lipinski definition) is 1. The van der Waals surface area contributed by atoms with E-state index in [1.165, 1.54) is 5.56 Å². The van der Waals surface area contributed by atoms with E-state index in [9.17, 15) is 0 Å². The third-order valence-corrected chi connectivity index (χ3v) is 3.99. The molecule has 0 amide bonds. The summed E-state index contributed by atoms with van der Waals surface area (Å²) < 4.78 is 6.84. The highest BCUT2D eigenvalue weighted by molar-refractivity contribution is 5.66. The molecule has 0 fully saturated rings. The topological polar surface area (TPSA) is 109 Å². The number of benzene rings is 1. The molecule has 0 bridgehead atoms. The van der Waals surface area contributed by atoms with E-state index in [0.717, 1.165) is 16.8 Å². The Hall–Kier alpha value is -3.55. The second kappa shape index (κ2) is 5.82. The van der Waals surface area contributed by atoms with E-state index in [0.29, 0.717) is 17.3 Å². The lowest BCUT2D eigenvalue weighted by molar-refractivity contribution is 0.431. The summed E-state index contributed by atoms with van der Waals surface area (Å²) in [5, 5.41) is 12.2. The second-order valence-corrected chi connectivity index (χ2v) is 5.67. The first-order chi connectivity index (χ1) is 12.1. The summed E-state index contributed by atoms with van der Waals surface area (Å²) in [6.07, 6.45) is 3.33. The van der Waals surface area contributed by atoms with Gasteiger partial charge in [-0.2, -0.15) is 9.67 Å². The smallest absolute Gasteiger partial charge is 0.282 e. The molecule has 0 aliphatic heterocycles. The average molecular weight is 333 g/mol. The van der Waals surface area contributed by atoms with E-state index in [-0.39, 0.29) is 5.89 Å². The standard InChI is InChI=1S/C17H15N7O/c1-10-5-6-13(8-11(10)2)24-15(18)14(21-23-24)17-20-16(22-25-17)12-4-3-7-19-9-12/h3-9H,18H2,1-2H3. The number of nitrogens with zero attached hydrogens (tertiary/aromatic N) is 6. The minimum absolute atomic E-state index is 0.214. The average Bonchev–Trinajstić information content (AvgIpc) is 3.25. The Morgan fingerprint density at radius 3 is 2.76 bits per heavy atom. The summed E-state index contributed by atoms with van der Waals surface area (Å²) in [5.41, 5.74) is 10.5. The van der Waals surface area contributed by atoms with Gasteiger partial charge in [-0.05, 0) is 49.2 Å². The molecule has 0 spiro atoms. The van der Waals surface area contributed by atoms with E-state index in [4.69, 9.17) is 10.3 Å². The molecule has 0 aliphatic carbocycles. The fourth-order valence-corrected chi connectivity index (χ4v) is 2.42. The third kappa shape index (κ3) is 2.63. The lowest BCUT2D eigenvalue weighted by Crippen LogP contribution is -2.03. The highest BCUT2D eigenvalue weighted by Gasteiger charge is 2.20. The lowest BCUT2D eigenvalue weighted by atomic mass is 10.1. The van der Waals surface area contributed by atoms with Crippen LogP contribution in [0.4, 0.5) is 5.82 Å². The Labute approximate surface area is 143 Å². The quantitative estimate of drug-likeness (QED) is 0.613. The van der Waals surface area contributed by atoms with Crippen LogP contribution in [-0.2, 0) is 0 Å². The molecule has 0 aliphatic rings. The minimum atomic E-state index is 0.214. The van der Waals surface area contributed by atoms with E-state index in [1.807, 2.05) is 38.1 Å². The van der Waals surface area contributed by atoms with Gasteiger partial charge >= 0.3 is 0 Å². The molecule has 0 saturated heterocycles. The number of pyridine rings is 1. The number of anilines is 1. The summed E-state index contributed by atoms with van der Waals surface area (Å²) >= 11 is 0. The van der Waals surface area contributed by atoms with Gasteiger partial charge in [0.25, 0.3) is 5.89 Å². The van der Waals surface area contributed by atoms with Gasteiger partial charge in [0.1, 0.15) is 0 Å². The summed E-state index contributed by atoms with van der Waals surface area (Å²) in [4.78, 5) is 8.38. The van der Waals surface area contributed by atoms with Gasteiger partial charge in [0.05, 0.1) is 5.69 Å². The van der Waals surface area contributed by atoms with Crippen LogP contribution in [0.3, 0.4) is 0 Å². The number of hydrogen-bond acceptors (Lipinski definition) is 7. The van der Waals surface area contributed by atoms with Gasteiger partial charge in [0.15, 0.2) is 11.5 Å². The molecule has 3 aromatic heterocycles. The molecule has 0 saturated carbocycles. The zero-order valence-electron chi connectivity index (χ0n) is 13.7. The van der Waals surface area contributed by atoms with E-state index in [2.05, 4.69) is 25.4 Å². The summed E-state index contributed by atoms with van der Waals surface area (Å²) in [5.74, 6) is 0.972. The Morgan fingerprint density at radius 2 is 2.00 bits per heavy atom. The summed E-state index contributed by atoms with van der Waals surface area (Å²) in [6, 6.07) is 9.59. The molecule has 0 unspecified atom stereocenters. The van der Waals surface area contributed by atoms with Gasteiger partial charge < -0.3 is 10.3 Å². The Balaban J connectivity index is 1.72. The first-order valence-electron chi connectivity index (χ1n) is 7.67. The number of rotatable bonds is 3. The van der Waals surface area contributed by atoms with Crippen molar-refractivity contribution in [2.24, 2.45) is 0 Å². The van der Waals surface area contributed by atoms with Crippen LogP contribution in [0.1, 0.15) is 11.1 Å². The third-order valence-electron chi connectivity index (χ3n) is 3.99. The maximum atomic E-state index is 6.20. The van der Waals surface area contributed by atoms with Gasteiger partial charge in [0.2, 0.25) is 5.82 Å². The van der Waals surface area contributed by atoms with Crippen LogP contribution in [0.15, 0.2) is 47.2 Å². The number of aromatic nitrogens is 6. The molecule has 4 aromatic rings. The molecule has 8 heteroatoms. The molecule has 0 atom stereocenters. The van der Waals surface area contributed by atoms with Crippen LogP contribution in [0.2, 0.25) is 0 Å². The molecule has 4 rings (SSSR count). The van der Waals surface area contributed by atoms with E-state index < -0.39 is 0 Å². The van der Waals surface area contributed by atoms with Crippen LogP contribution >= 0.6 is 0 Å². The van der Waals surface area contributed by atoms with Crippen LogP contribution < -0.4 is 5.73 Å². The first-order valence-corrected chi connectivity index (χ1v) is 7.67. The second-order valence-electron chi connectivity index (χ2n) is 5.67. The highest BCUT2D eigenvalue weighted by atomic mass is 16.5. The normalized spacial score (nSPS) is 11.0. The molecule has 25 heavy (non-hydrogen) atoms. The van der Waals surface area contributed by atoms with Crippen molar-refractivity contribution < 1.29 is 4.52 Å². The summed E-state index contributed by atoms with van der Waals surface area (Å²) in [6.45, 7) is 4.08. The van der Waals surface area contributed by atoms with E-state index >= 15 is 0 Å². The van der Waals surface area contributed by atoms with Gasteiger partial charge in [-0.25, -0.2) is 0 Å². The van der Waals surface area contributed by atoms with E-state index in [1.54, 1.807) is 23.1 Å². The fraction of sp³-hybridized carbons (Fsp3) is 0.118. The molecule has 0 radical (unpaired) electrons. The fourth-order valence-electron chi connectivity index (χ4n) is 2.42. The van der Waals surface area contributed by atoms with Crippen LogP contribution in [0.5, 0.6) is 0 Å². The maximum absolute atomic E-state index is 6.20. The van der Waals surface area contributed by atoms with Crippen molar-refractivity contribution in [3.63, 3.8) is 0 Å². The number of aryl methyl sites for hydroxylation is 2. The van der Waals surface area contributed by atoms with Gasteiger partial charge in [0, 0.05) is 18.0 Å². The zero-order chi connectivity index (χ0) is 17.4. The highest BCUT2D eigenvalue weighted by Crippen LogP contribution is 2.26. The van der Waals surface area contributed by atoms with Crippen LogP contribution in [0.25, 0.3) is 28.7 Å². The molecule has 124 valence electrons. The number of nitrogens with two attached hydrogens (primary N) is 1. The van der Waals surface area contributed by atoms with Crippen molar-refractivity contribution in [2.45, 2.75) is 13.8 Å². The maximum Gasteiger partial charge on any atom is 0.282 e. The Morgan fingerprint density at radius 1 is 1.12 bits per heavy atom. The Kier molecular flexibility index (Phi) is 3.50. The van der Waals surface area contributed by atoms with Crippen molar-refractivity contribution in [1.29, 1.82) is 0 Å². The van der Waals surface area contributed by atoms with Crippen molar-refractivity contribution >= 4 is 5.82 Å². The van der Waals surface area contributed by atoms with Crippen molar-refractivity contribution in [2.75, 3.05) is 5.73 Å². The molecule has 8 nitrogen and oxygen atoms in total. The van der Waals surface area contributed by atoms with Gasteiger partial charge in [-0.3, -0.25) is 4.98 Å². The van der Waals surface area contributed by atoms with Crippen molar-refractivity contribution in [3.05, 3.63) is 53.9 Å². The number of nitrogen functional groups attached to an aromatic ring is 1. The largest absolute Gasteiger partial charge is 0.382 e. The Bertz CT molecular complexity index is 1040. The SMILES string of the molecule is Cc1ccc(-n2nnc(-c3nc(-c4cccnc4)no3)c2N)cc1C. The molecular weight excluding hydrogens is 318 g/mol.